The summed E-state index contributed by atoms with van der Waals surface area (Å²) in [5.41, 5.74) is 0.322. The Morgan fingerprint density at radius 3 is 2.47 bits per heavy atom. The lowest BCUT2D eigenvalue weighted by atomic mass is 9.98. The Morgan fingerprint density at radius 2 is 2.00 bits per heavy atom. The maximum absolute atomic E-state index is 12.1. The van der Waals surface area contributed by atoms with E-state index in [1.807, 2.05) is 0 Å². The van der Waals surface area contributed by atoms with Crippen molar-refractivity contribution in [1.29, 1.82) is 0 Å². The molecule has 0 radical (unpaired) electrons. The van der Waals surface area contributed by atoms with Crippen LogP contribution in [0.4, 0.5) is 0 Å². The van der Waals surface area contributed by atoms with E-state index in [1.54, 1.807) is 4.90 Å². The number of aliphatic hydroxyl groups is 1. The van der Waals surface area contributed by atoms with Gasteiger partial charge in [-0.15, -0.1) is 0 Å². The van der Waals surface area contributed by atoms with Crippen molar-refractivity contribution in [3.05, 3.63) is 29.6 Å². The molecule has 0 bridgehead atoms. The van der Waals surface area contributed by atoms with Crippen LogP contribution in [0.2, 0.25) is 0 Å². The van der Waals surface area contributed by atoms with Crippen LogP contribution in [0.15, 0.2) is 18.3 Å². The van der Waals surface area contributed by atoms with Gasteiger partial charge in [-0.3, -0.25) is 9.78 Å². The number of hydrogen-bond donors (Lipinski definition) is 2. The normalized spacial score (nSPS) is 16.4. The highest BCUT2D eigenvalue weighted by molar-refractivity contribution is 5.93. The average Bonchev–Trinajstić information content (AvgIpc) is 2.46. The van der Waals surface area contributed by atoms with Crippen LogP contribution in [-0.4, -0.2) is 51.7 Å². The molecule has 0 aliphatic carbocycles. The molecule has 0 atom stereocenters. The van der Waals surface area contributed by atoms with Crippen molar-refractivity contribution in [1.82, 2.24) is 9.88 Å². The zero-order chi connectivity index (χ0) is 13.8. The van der Waals surface area contributed by atoms with E-state index in [2.05, 4.69) is 4.98 Å². The van der Waals surface area contributed by atoms with Crippen molar-refractivity contribution in [3.8, 4) is 0 Å². The van der Waals surface area contributed by atoms with E-state index in [-0.39, 0.29) is 29.7 Å². The van der Waals surface area contributed by atoms with Crippen LogP contribution in [0, 0.1) is 5.92 Å². The summed E-state index contributed by atoms with van der Waals surface area (Å²) < 4.78 is 0. The molecule has 1 aromatic rings. The van der Waals surface area contributed by atoms with Crippen LogP contribution in [0.3, 0.4) is 0 Å². The van der Waals surface area contributed by atoms with Crippen molar-refractivity contribution < 1.29 is 19.8 Å². The maximum Gasteiger partial charge on any atom is 0.337 e. The first-order chi connectivity index (χ1) is 9.11. The molecule has 102 valence electrons. The molecule has 2 N–H and O–H groups in total. The van der Waals surface area contributed by atoms with Gasteiger partial charge in [0, 0.05) is 25.9 Å². The maximum atomic E-state index is 12.1. The van der Waals surface area contributed by atoms with E-state index < -0.39 is 5.97 Å². The molecule has 19 heavy (non-hydrogen) atoms. The molecule has 1 aliphatic heterocycles. The fourth-order valence-electron chi connectivity index (χ4n) is 2.13. The number of piperidine rings is 1. The summed E-state index contributed by atoms with van der Waals surface area (Å²) in [4.78, 5) is 28.4. The summed E-state index contributed by atoms with van der Waals surface area (Å²) in [7, 11) is 0. The molecule has 1 saturated heterocycles. The Labute approximate surface area is 110 Å². The Hall–Kier alpha value is -1.95. The third-order valence-electron chi connectivity index (χ3n) is 3.39. The summed E-state index contributed by atoms with van der Waals surface area (Å²) in [6.45, 7) is 1.37. The molecule has 1 aliphatic rings. The molecule has 0 saturated carbocycles. The largest absolute Gasteiger partial charge is 0.478 e. The zero-order valence-corrected chi connectivity index (χ0v) is 10.5. The number of aromatic carboxylic acids is 1. The highest BCUT2D eigenvalue weighted by atomic mass is 16.4. The molecule has 6 nitrogen and oxygen atoms in total. The van der Waals surface area contributed by atoms with Gasteiger partial charge in [0.25, 0.3) is 5.91 Å². The summed E-state index contributed by atoms with van der Waals surface area (Å²) in [5, 5.41) is 17.8. The third-order valence-corrected chi connectivity index (χ3v) is 3.39. The first kappa shape index (κ1) is 13.5. The lowest BCUT2D eigenvalue weighted by Crippen LogP contribution is -2.39. The van der Waals surface area contributed by atoms with Gasteiger partial charge in [0.1, 0.15) is 5.69 Å². The Bertz CT molecular complexity index is 464. The molecule has 1 amide bonds. The number of nitrogens with zero attached hydrogens (tertiary/aromatic N) is 2. The molecule has 0 unspecified atom stereocenters. The summed E-state index contributed by atoms with van der Waals surface area (Å²) in [5.74, 6) is -0.977. The number of aliphatic hydroxyl groups excluding tert-OH is 1. The summed E-state index contributed by atoms with van der Waals surface area (Å²) in [6.07, 6.45) is 2.76. The van der Waals surface area contributed by atoms with Gasteiger partial charge in [-0.25, -0.2) is 4.79 Å². The highest BCUT2D eigenvalue weighted by Crippen LogP contribution is 2.18. The second-order valence-electron chi connectivity index (χ2n) is 4.66. The standard InChI is InChI=1S/C13H16N2O4/c16-8-9-3-5-15(6-4-9)12(17)11-2-1-10(7-14-11)13(18)19/h1-2,7,9,16H,3-6,8H2,(H,18,19). The van der Waals surface area contributed by atoms with E-state index >= 15 is 0 Å². The van der Waals surface area contributed by atoms with E-state index in [1.165, 1.54) is 18.3 Å². The molecular weight excluding hydrogens is 248 g/mol. The number of pyridine rings is 1. The average molecular weight is 264 g/mol. The lowest BCUT2D eigenvalue weighted by Gasteiger charge is -2.30. The third kappa shape index (κ3) is 3.08. The number of amides is 1. The molecule has 1 aromatic heterocycles. The number of rotatable bonds is 3. The quantitative estimate of drug-likeness (QED) is 0.835. The van der Waals surface area contributed by atoms with Gasteiger partial charge in [-0.1, -0.05) is 0 Å². The number of carbonyl (C=O) groups excluding carboxylic acids is 1. The number of carboxylic acid groups (broad SMARTS) is 1. The molecule has 2 heterocycles. The first-order valence-electron chi connectivity index (χ1n) is 6.21. The van der Waals surface area contributed by atoms with Crippen molar-refractivity contribution in [2.24, 2.45) is 5.92 Å². The van der Waals surface area contributed by atoms with E-state index in [4.69, 9.17) is 10.2 Å². The first-order valence-corrected chi connectivity index (χ1v) is 6.21. The number of aromatic nitrogens is 1. The molecule has 6 heteroatoms. The fraction of sp³-hybridized carbons (Fsp3) is 0.462. The van der Waals surface area contributed by atoms with Crippen LogP contribution < -0.4 is 0 Å². The predicted molar refractivity (Wildman–Crippen MR) is 66.9 cm³/mol. The van der Waals surface area contributed by atoms with E-state index in [0.29, 0.717) is 13.1 Å². The zero-order valence-electron chi connectivity index (χ0n) is 10.5. The van der Waals surface area contributed by atoms with Gasteiger partial charge in [-0.2, -0.15) is 0 Å². The fourth-order valence-corrected chi connectivity index (χ4v) is 2.13. The minimum absolute atomic E-state index is 0.0653. The Morgan fingerprint density at radius 1 is 1.32 bits per heavy atom. The van der Waals surface area contributed by atoms with Gasteiger partial charge in [0.05, 0.1) is 5.56 Å². The predicted octanol–water partition coefficient (Wildman–Crippen LogP) is 0.624. The van der Waals surface area contributed by atoms with Crippen LogP contribution in [0.5, 0.6) is 0 Å². The van der Waals surface area contributed by atoms with Gasteiger partial charge in [0.15, 0.2) is 0 Å². The topological polar surface area (TPSA) is 90.7 Å². The van der Waals surface area contributed by atoms with Crippen LogP contribution >= 0.6 is 0 Å². The van der Waals surface area contributed by atoms with Crippen LogP contribution in [-0.2, 0) is 0 Å². The van der Waals surface area contributed by atoms with Gasteiger partial charge < -0.3 is 15.1 Å². The van der Waals surface area contributed by atoms with Crippen LogP contribution in [0.25, 0.3) is 0 Å². The lowest BCUT2D eigenvalue weighted by molar-refractivity contribution is 0.0641. The van der Waals surface area contributed by atoms with Gasteiger partial charge in [-0.05, 0) is 30.9 Å². The molecule has 0 aromatic carbocycles. The van der Waals surface area contributed by atoms with Crippen LogP contribution in [0.1, 0.15) is 33.7 Å². The molecular formula is C13H16N2O4. The second kappa shape index (κ2) is 5.79. The van der Waals surface area contributed by atoms with E-state index in [0.717, 1.165) is 12.8 Å². The van der Waals surface area contributed by atoms with Gasteiger partial charge in [0.2, 0.25) is 0 Å². The number of likely N-dealkylation sites (tertiary alicyclic amines) is 1. The highest BCUT2D eigenvalue weighted by Gasteiger charge is 2.23. The van der Waals surface area contributed by atoms with Crippen molar-refractivity contribution in [2.45, 2.75) is 12.8 Å². The summed E-state index contributed by atoms with van der Waals surface area (Å²) >= 11 is 0. The Balaban J connectivity index is 2.02. The number of carboxylic acids is 1. The monoisotopic (exact) mass is 264 g/mol. The van der Waals surface area contributed by atoms with Crippen molar-refractivity contribution in [2.75, 3.05) is 19.7 Å². The van der Waals surface area contributed by atoms with E-state index in [9.17, 15) is 9.59 Å². The van der Waals surface area contributed by atoms with Crippen molar-refractivity contribution in [3.63, 3.8) is 0 Å². The van der Waals surface area contributed by atoms with Crippen molar-refractivity contribution >= 4 is 11.9 Å². The second-order valence-corrected chi connectivity index (χ2v) is 4.66. The smallest absolute Gasteiger partial charge is 0.337 e. The minimum Gasteiger partial charge on any atom is -0.478 e. The Kier molecular flexibility index (Phi) is 4.11. The number of hydrogen-bond acceptors (Lipinski definition) is 4. The number of carbonyl (C=O) groups is 2. The minimum atomic E-state index is -1.06. The molecule has 0 spiro atoms. The molecule has 2 rings (SSSR count). The summed E-state index contributed by atoms with van der Waals surface area (Å²) in [6, 6.07) is 2.81. The molecule has 1 fully saturated rings. The van der Waals surface area contributed by atoms with Gasteiger partial charge >= 0.3 is 5.97 Å². The SMILES string of the molecule is O=C(O)c1ccc(C(=O)N2CCC(CO)CC2)nc1.